The molecule has 118 valence electrons. The van der Waals surface area contributed by atoms with Gasteiger partial charge >= 0.3 is 0 Å². The predicted octanol–water partition coefficient (Wildman–Crippen LogP) is 2.60. The second-order valence-corrected chi connectivity index (χ2v) is 4.63. The summed E-state index contributed by atoms with van der Waals surface area (Å²) in [6.45, 7) is 2.39. The fraction of sp³-hybridized carbons (Fsp3) is 0.400. The van der Waals surface area contributed by atoms with Crippen LogP contribution in [0.1, 0.15) is 12.8 Å². The zero-order valence-corrected chi connectivity index (χ0v) is 13.8. The van der Waals surface area contributed by atoms with E-state index in [1.54, 1.807) is 0 Å². The Morgan fingerprint density at radius 3 is 2.67 bits per heavy atom. The lowest BCUT2D eigenvalue weighted by atomic mass is 10.2. The molecule has 0 unspecified atom stereocenters. The van der Waals surface area contributed by atoms with Gasteiger partial charge in [-0.15, -0.1) is 24.8 Å². The smallest absolute Gasteiger partial charge is 0.221 e. The average Bonchev–Trinajstić information content (AvgIpc) is 2.85. The van der Waals surface area contributed by atoms with Crippen LogP contribution in [-0.4, -0.2) is 30.6 Å². The molecule has 0 saturated carbocycles. The van der Waals surface area contributed by atoms with E-state index in [0.717, 1.165) is 26.1 Å². The minimum atomic E-state index is 0. The first-order chi connectivity index (χ1) is 9.31. The van der Waals surface area contributed by atoms with E-state index in [1.165, 1.54) is 10.9 Å². The Hall–Kier alpha value is -1.23. The molecule has 1 heterocycles. The molecule has 0 saturated heterocycles. The highest BCUT2D eigenvalue weighted by molar-refractivity contribution is 5.85. The van der Waals surface area contributed by atoms with E-state index in [-0.39, 0.29) is 30.7 Å². The molecular weight excluding hydrogens is 309 g/mol. The number of carbonyl (C=O) groups excluding carboxylic acids is 1. The summed E-state index contributed by atoms with van der Waals surface area (Å²) in [6.07, 6.45) is 3.60. The van der Waals surface area contributed by atoms with Gasteiger partial charge in [0.05, 0.1) is 0 Å². The van der Waals surface area contributed by atoms with Crippen molar-refractivity contribution in [2.24, 2.45) is 0 Å². The monoisotopic (exact) mass is 331 g/mol. The molecule has 6 heteroatoms. The highest BCUT2D eigenvalue weighted by atomic mass is 35.5. The van der Waals surface area contributed by atoms with Crippen molar-refractivity contribution in [2.45, 2.75) is 19.4 Å². The van der Waals surface area contributed by atoms with Crippen molar-refractivity contribution in [2.75, 3.05) is 20.1 Å². The first kappa shape index (κ1) is 19.8. The summed E-state index contributed by atoms with van der Waals surface area (Å²) in [4.78, 5) is 11.4. The van der Waals surface area contributed by atoms with Gasteiger partial charge in [-0.2, -0.15) is 0 Å². The Morgan fingerprint density at radius 2 is 1.90 bits per heavy atom. The molecule has 2 N–H and O–H groups in total. The summed E-state index contributed by atoms with van der Waals surface area (Å²) >= 11 is 0. The third kappa shape index (κ3) is 5.96. The molecule has 21 heavy (non-hydrogen) atoms. The molecule has 1 aromatic carbocycles. The van der Waals surface area contributed by atoms with Gasteiger partial charge in [-0.1, -0.05) is 18.2 Å². The molecule has 0 radical (unpaired) electrons. The number of nitrogens with one attached hydrogen (secondary N) is 2. The van der Waals surface area contributed by atoms with Gasteiger partial charge < -0.3 is 15.2 Å². The Kier molecular flexibility index (Phi) is 9.88. The maximum Gasteiger partial charge on any atom is 0.221 e. The van der Waals surface area contributed by atoms with Crippen molar-refractivity contribution < 1.29 is 4.79 Å². The number of nitrogens with zero attached hydrogens (tertiary/aromatic N) is 1. The second kappa shape index (κ2) is 10.5. The van der Waals surface area contributed by atoms with Crippen molar-refractivity contribution in [3.05, 3.63) is 36.5 Å². The molecule has 0 bridgehead atoms. The zero-order valence-electron chi connectivity index (χ0n) is 12.2. The standard InChI is InChI=1S/C15H21N3O.2ClH/c1-16-10-7-15(19)17-9-4-11-18-12-8-13-5-2-3-6-14(13)18;;/h2-3,5-6,8,12,16H,4,7,9-11H2,1H3,(H,17,19);2*1H. The number of amides is 1. The van der Waals surface area contributed by atoms with Gasteiger partial charge in [0, 0.05) is 37.8 Å². The molecule has 2 aromatic rings. The van der Waals surface area contributed by atoms with Crippen LogP contribution in [0.4, 0.5) is 0 Å². The molecule has 1 aromatic heterocycles. The van der Waals surface area contributed by atoms with E-state index in [2.05, 4.69) is 51.7 Å². The molecule has 1 amide bonds. The lowest BCUT2D eigenvalue weighted by molar-refractivity contribution is -0.120. The summed E-state index contributed by atoms with van der Waals surface area (Å²) in [6, 6.07) is 10.5. The molecule has 0 aliphatic carbocycles. The summed E-state index contributed by atoms with van der Waals surface area (Å²) in [5.74, 6) is 0.117. The third-order valence-corrected chi connectivity index (χ3v) is 3.18. The molecule has 0 aliphatic rings. The van der Waals surface area contributed by atoms with Crippen LogP contribution in [0.5, 0.6) is 0 Å². The number of rotatable bonds is 7. The topological polar surface area (TPSA) is 46.1 Å². The van der Waals surface area contributed by atoms with Crippen LogP contribution in [0.3, 0.4) is 0 Å². The lowest BCUT2D eigenvalue weighted by Crippen LogP contribution is -2.27. The van der Waals surface area contributed by atoms with Crippen LogP contribution >= 0.6 is 24.8 Å². The van der Waals surface area contributed by atoms with E-state index < -0.39 is 0 Å². The Bertz CT molecular complexity index is 542. The minimum Gasteiger partial charge on any atom is -0.356 e. The number of hydrogen-bond acceptors (Lipinski definition) is 2. The number of fused-ring (bicyclic) bond motifs is 1. The fourth-order valence-corrected chi connectivity index (χ4v) is 2.14. The number of aryl methyl sites for hydroxylation is 1. The Balaban J connectivity index is 0.00000200. The summed E-state index contributed by atoms with van der Waals surface area (Å²) in [5.41, 5.74) is 1.25. The van der Waals surface area contributed by atoms with Crippen molar-refractivity contribution in [3.63, 3.8) is 0 Å². The normalized spacial score (nSPS) is 9.76. The van der Waals surface area contributed by atoms with Gasteiger partial charge in [-0.25, -0.2) is 0 Å². The van der Waals surface area contributed by atoms with Gasteiger partial charge in [0.15, 0.2) is 0 Å². The zero-order chi connectivity index (χ0) is 13.5. The van der Waals surface area contributed by atoms with Crippen molar-refractivity contribution in [1.82, 2.24) is 15.2 Å². The third-order valence-electron chi connectivity index (χ3n) is 3.18. The lowest BCUT2D eigenvalue weighted by Gasteiger charge is -2.07. The Labute approximate surface area is 138 Å². The summed E-state index contributed by atoms with van der Waals surface area (Å²) in [7, 11) is 1.85. The first-order valence-corrected chi connectivity index (χ1v) is 6.76. The number of carbonyl (C=O) groups is 1. The average molecular weight is 332 g/mol. The highest BCUT2D eigenvalue weighted by Gasteiger charge is 2.01. The van der Waals surface area contributed by atoms with E-state index in [0.29, 0.717) is 6.42 Å². The molecule has 2 rings (SSSR count). The summed E-state index contributed by atoms with van der Waals surface area (Å²) < 4.78 is 2.23. The van der Waals surface area contributed by atoms with Gasteiger partial charge in [-0.05, 0) is 31.0 Å². The fourth-order valence-electron chi connectivity index (χ4n) is 2.14. The predicted molar refractivity (Wildman–Crippen MR) is 92.6 cm³/mol. The molecule has 0 spiro atoms. The van der Waals surface area contributed by atoms with E-state index >= 15 is 0 Å². The van der Waals surface area contributed by atoms with E-state index in [4.69, 9.17) is 0 Å². The van der Waals surface area contributed by atoms with Crippen LogP contribution < -0.4 is 10.6 Å². The maximum atomic E-state index is 11.4. The van der Waals surface area contributed by atoms with Crippen LogP contribution in [0, 0.1) is 0 Å². The number of halogens is 2. The summed E-state index contributed by atoms with van der Waals surface area (Å²) in [5, 5.41) is 7.17. The molecule has 4 nitrogen and oxygen atoms in total. The van der Waals surface area contributed by atoms with Crippen molar-refractivity contribution in [1.29, 1.82) is 0 Å². The number of benzene rings is 1. The van der Waals surface area contributed by atoms with Crippen LogP contribution in [0.2, 0.25) is 0 Å². The molecular formula is C15H23Cl2N3O. The van der Waals surface area contributed by atoms with E-state index in [9.17, 15) is 4.79 Å². The van der Waals surface area contributed by atoms with Gasteiger partial charge in [0.25, 0.3) is 0 Å². The second-order valence-electron chi connectivity index (χ2n) is 4.63. The molecule has 0 fully saturated rings. The quantitative estimate of drug-likeness (QED) is 0.766. The largest absolute Gasteiger partial charge is 0.356 e. The van der Waals surface area contributed by atoms with Crippen LogP contribution in [0.25, 0.3) is 10.9 Å². The number of para-hydroxylation sites is 1. The van der Waals surface area contributed by atoms with E-state index in [1.807, 2.05) is 7.05 Å². The van der Waals surface area contributed by atoms with Crippen LogP contribution in [-0.2, 0) is 11.3 Å². The maximum absolute atomic E-state index is 11.4. The van der Waals surface area contributed by atoms with Crippen molar-refractivity contribution in [3.8, 4) is 0 Å². The molecule has 0 atom stereocenters. The van der Waals surface area contributed by atoms with Crippen LogP contribution in [0.15, 0.2) is 36.5 Å². The number of hydrogen-bond donors (Lipinski definition) is 2. The highest BCUT2D eigenvalue weighted by Crippen LogP contribution is 2.15. The Morgan fingerprint density at radius 1 is 1.14 bits per heavy atom. The van der Waals surface area contributed by atoms with Gasteiger partial charge in [-0.3, -0.25) is 4.79 Å². The SMILES string of the molecule is CNCCC(=O)NCCCn1ccc2ccccc21.Cl.Cl. The first-order valence-electron chi connectivity index (χ1n) is 6.76. The van der Waals surface area contributed by atoms with Gasteiger partial charge in [0.2, 0.25) is 5.91 Å². The molecule has 0 aliphatic heterocycles. The van der Waals surface area contributed by atoms with Gasteiger partial charge in [0.1, 0.15) is 0 Å². The van der Waals surface area contributed by atoms with Crippen molar-refractivity contribution >= 4 is 41.6 Å². The number of aromatic nitrogens is 1. The minimum absolute atomic E-state index is 0.